The summed E-state index contributed by atoms with van der Waals surface area (Å²) >= 11 is 0. The number of furan rings is 1. The van der Waals surface area contributed by atoms with Crippen LogP contribution in [0.5, 0.6) is 5.75 Å². The molecule has 0 unspecified atom stereocenters. The lowest BCUT2D eigenvalue weighted by molar-refractivity contribution is -0.123. The van der Waals surface area contributed by atoms with Crippen molar-refractivity contribution < 1.29 is 23.5 Å². The average Bonchev–Trinajstić information content (AvgIpc) is 3.38. The van der Waals surface area contributed by atoms with Gasteiger partial charge >= 0.3 is 0 Å². The normalized spacial score (nSPS) is 13.9. The molecule has 172 valence electrons. The van der Waals surface area contributed by atoms with E-state index in [4.69, 9.17) is 13.9 Å². The van der Waals surface area contributed by atoms with E-state index in [9.17, 15) is 9.59 Å². The summed E-state index contributed by atoms with van der Waals surface area (Å²) in [4.78, 5) is 26.8. The van der Waals surface area contributed by atoms with Gasteiger partial charge in [0.15, 0.2) is 12.4 Å². The van der Waals surface area contributed by atoms with Crippen LogP contribution in [0.15, 0.2) is 71.3 Å². The minimum atomic E-state index is -0.356. The largest absolute Gasteiger partial charge is 0.484 e. The molecule has 0 spiro atoms. The van der Waals surface area contributed by atoms with Gasteiger partial charge in [-0.05, 0) is 35.4 Å². The molecule has 0 saturated carbocycles. The topological polar surface area (TPSA) is 93.0 Å². The fraction of sp³-hybridized carbons (Fsp3) is 0.280. The Morgan fingerprint density at radius 2 is 1.79 bits per heavy atom. The molecular weight excluding hydrogens is 422 g/mol. The van der Waals surface area contributed by atoms with Gasteiger partial charge in [0.1, 0.15) is 5.75 Å². The zero-order valence-electron chi connectivity index (χ0n) is 18.3. The van der Waals surface area contributed by atoms with Crippen molar-refractivity contribution in [1.82, 2.24) is 10.2 Å². The number of anilines is 1. The monoisotopic (exact) mass is 449 g/mol. The first-order valence-electron chi connectivity index (χ1n) is 10.9. The molecular formula is C25H27N3O5. The van der Waals surface area contributed by atoms with E-state index in [1.807, 2.05) is 18.2 Å². The minimum Gasteiger partial charge on any atom is -0.484 e. The van der Waals surface area contributed by atoms with Gasteiger partial charge in [0, 0.05) is 37.9 Å². The molecule has 0 bridgehead atoms. The van der Waals surface area contributed by atoms with E-state index in [2.05, 4.69) is 21.6 Å². The number of ether oxygens (including phenoxy) is 2. The average molecular weight is 450 g/mol. The zero-order valence-corrected chi connectivity index (χ0v) is 18.3. The van der Waals surface area contributed by atoms with Crippen molar-refractivity contribution in [2.45, 2.75) is 13.1 Å². The molecule has 1 aromatic heterocycles. The van der Waals surface area contributed by atoms with Crippen molar-refractivity contribution in [1.29, 1.82) is 0 Å². The van der Waals surface area contributed by atoms with Gasteiger partial charge in [-0.2, -0.15) is 0 Å². The lowest BCUT2D eigenvalue weighted by atomic mass is 10.1. The Kier molecular flexibility index (Phi) is 7.73. The maximum Gasteiger partial charge on any atom is 0.291 e. The first-order chi connectivity index (χ1) is 16.2. The molecule has 1 aliphatic rings. The predicted octanol–water partition coefficient (Wildman–Crippen LogP) is 3.06. The minimum absolute atomic E-state index is 0.124. The van der Waals surface area contributed by atoms with Gasteiger partial charge in [-0.1, -0.05) is 30.3 Å². The van der Waals surface area contributed by atoms with Gasteiger partial charge < -0.3 is 24.5 Å². The standard InChI is InChI=1S/C25H27N3O5/c29-24(26-16-19-5-1-2-6-20(19)17-28-10-13-31-14-11-28)18-33-22-8-3-7-21(15-22)27-25(30)23-9-4-12-32-23/h1-9,12,15H,10-11,13-14,16-18H2,(H,26,29)(H,27,30). The Morgan fingerprint density at radius 1 is 0.970 bits per heavy atom. The number of hydrogen-bond donors (Lipinski definition) is 2. The molecule has 8 heteroatoms. The Labute approximate surface area is 192 Å². The number of carbonyl (C=O) groups excluding carboxylic acids is 2. The molecule has 4 rings (SSSR count). The molecule has 33 heavy (non-hydrogen) atoms. The summed E-state index contributed by atoms with van der Waals surface area (Å²) in [6.45, 7) is 4.48. The third kappa shape index (κ3) is 6.68. The van der Waals surface area contributed by atoms with E-state index >= 15 is 0 Å². The van der Waals surface area contributed by atoms with Crippen molar-refractivity contribution >= 4 is 17.5 Å². The molecule has 0 aliphatic carbocycles. The molecule has 2 amide bonds. The summed E-state index contributed by atoms with van der Waals surface area (Å²) in [6, 6.07) is 18.2. The van der Waals surface area contributed by atoms with E-state index in [-0.39, 0.29) is 24.2 Å². The highest BCUT2D eigenvalue weighted by Crippen LogP contribution is 2.18. The van der Waals surface area contributed by atoms with Crippen molar-refractivity contribution in [3.05, 3.63) is 83.8 Å². The Balaban J connectivity index is 1.26. The van der Waals surface area contributed by atoms with Crippen LogP contribution >= 0.6 is 0 Å². The van der Waals surface area contributed by atoms with Crippen molar-refractivity contribution in [3.8, 4) is 5.75 Å². The Bertz CT molecular complexity index is 1060. The van der Waals surface area contributed by atoms with Crippen molar-refractivity contribution in [3.63, 3.8) is 0 Å². The van der Waals surface area contributed by atoms with Crippen LogP contribution in [0.1, 0.15) is 21.7 Å². The second-order valence-corrected chi connectivity index (χ2v) is 7.68. The molecule has 1 fully saturated rings. The van der Waals surface area contributed by atoms with Gasteiger partial charge in [-0.3, -0.25) is 14.5 Å². The number of morpholine rings is 1. The van der Waals surface area contributed by atoms with E-state index in [0.29, 0.717) is 18.0 Å². The lowest BCUT2D eigenvalue weighted by Crippen LogP contribution is -2.36. The van der Waals surface area contributed by atoms with Gasteiger partial charge in [0.05, 0.1) is 19.5 Å². The number of amides is 2. The Morgan fingerprint density at radius 3 is 2.58 bits per heavy atom. The highest BCUT2D eigenvalue weighted by Gasteiger charge is 2.13. The van der Waals surface area contributed by atoms with Crippen LogP contribution in [0, 0.1) is 0 Å². The first-order valence-corrected chi connectivity index (χ1v) is 10.9. The summed E-state index contributed by atoms with van der Waals surface area (Å²) in [6.07, 6.45) is 1.44. The fourth-order valence-corrected chi connectivity index (χ4v) is 3.54. The maximum atomic E-state index is 12.4. The Hall–Kier alpha value is -3.62. The summed E-state index contributed by atoms with van der Waals surface area (Å²) in [5, 5.41) is 5.66. The summed E-state index contributed by atoms with van der Waals surface area (Å²) in [5.74, 6) is 0.122. The molecule has 3 aromatic rings. The third-order valence-corrected chi connectivity index (χ3v) is 5.30. The molecule has 1 saturated heterocycles. The number of hydrogen-bond acceptors (Lipinski definition) is 6. The van der Waals surface area contributed by atoms with Gasteiger partial charge in [0.2, 0.25) is 0 Å². The van der Waals surface area contributed by atoms with Crippen LogP contribution in [-0.2, 0) is 22.6 Å². The van der Waals surface area contributed by atoms with Crippen LogP contribution in [-0.4, -0.2) is 49.6 Å². The van der Waals surface area contributed by atoms with Crippen LogP contribution in [0.3, 0.4) is 0 Å². The summed E-state index contributed by atoms with van der Waals surface area (Å²) < 4.78 is 16.1. The van der Waals surface area contributed by atoms with Crippen molar-refractivity contribution in [2.24, 2.45) is 0 Å². The zero-order chi connectivity index (χ0) is 22.9. The number of nitrogens with one attached hydrogen (secondary N) is 2. The smallest absolute Gasteiger partial charge is 0.291 e. The third-order valence-electron chi connectivity index (χ3n) is 5.30. The van der Waals surface area contributed by atoms with Crippen LogP contribution < -0.4 is 15.4 Å². The quantitative estimate of drug-likeness (QED) is 0.522. The first kappa shape index (κ1) is 22.6. The second kappa shape index (κ2) is 11.3. The molecule has 8 nitrogen and oxygen atoms in total. The molecule has 2 heterocycles. The highest BCUT2D eigenvalue weighted by molar-refractivity contribution is 6.02. The van der Waals surface area contributed by atoms with E-state index < -0.39 is 0 Å². The number of rotatable bonds is 9. The number of nitrogens with zero attached hydrogens (tertiary/aromatic N) is 1. The van der Waals surface area contributed by atoms with Crippen molar-refractivity contribution in [2.75, 3.05) is 38.2 Å². The van der Waals surface area contributed by atoms with E-state index in [0.717, 1.165) is 38.4 Å². The summed E-state index contributed by atoms with van der Waals surface area (Å²) in [7, 11) is 0. The van der Waals surface area contributed by atoms with Gasteiger partial charge in [-0.25, -0.2) is 0 Å². The van der Waals surface area contributed by atoms with Gasteiger partial charge in [0.25, 0.3) is 11.8 Å². The summed E-state index contributed by atoms with van der Waals surface area (Å²) in [5.41, 5.74) is 2.83. The number of carbonyl (C=O) groups is 2. The SMILES string of the molecule is O=C(COc1cccc(NC(=O)c2ccco2)c1)NCc1ccccc1CN1CCOCC1. The van der Waals surface area contributed by atoms with E-state index in [1.165, 1.54) is 11.8 Å². The highest BCUT2D eigenvalue weighted by atomic mass is 16.5. The van der Waals surface area contributed by atoms with Crippen LogP contribution in [0.25, 0.3) is 0 Å². The molecule has 2 N–H and O–H groups in total. The molecule has 2 aromatic carbocycles. The second-order valence-electron chi connectivity index (χ2n) is 7.68. The van der Waals surface area contributed by atoms with Gasteiger partial charge in [-0.15, -0.1) is 0 Å². The predicted molar refractivity (Wildman–Crippen MR) is 123 cm³/mol. The lowest BCUT2D eigenvalue weighted by Gasteiger charge is -2.27. The molecule has 0 radical (unpaired) electrons. The molecule has 1 aliphatic heterocycles. The number of benzene rings is 2. The van der Waals surface area contributed by atoms with E-state index in [1.54, 1.807) is 36.4 Å². The maximum absolute atomic E-state index is 12.4. The molecule has 0 atom stereocenters. The van der Waals surface area contributed by atoms with Crippen LogP contribution in [0.2, 0.25) is 0 Å². The van der Waals surface area contributed by atoms with Crippen LogP contribution in [0.4, 0.5) is 5.69 Å². The fourth-order valence-electron chi connectivity index (χ4n) is 3.54.